The lowest BCUT2D eigenvalue weighted by atomic mass is 10.2. The highest BCUT2D eigenvalue weighted by atomic mass is 32.2. The van der Waals surface area contributed by atoms with Crippen LogP contribution in [0, 0.1) is 0 Å². The van der Waals surface area contributed by atoms with Crippen molar-refractivity contribution in [2.75, 3.05) is 25.7 Å². The van der Waals surface area contributed by atoms with Crippen LogP contribution in [-0.2, 0) is 19.9 Å². The van der Waals surface area contributed by atoms with Gasteiger partial charge < -0.3 is 9.84 Å². The zero-order valence-corrected chi connectivity index (χ0v) is 13.3. The molecule has 1 aliphatic heterocycles. The largest absolute Gasteiger partial charge is 0.497 e. The SMILES string of the molecule is COc1ccc(S(=O)(=O)N(C)[C@H]2CS(=O)(=O)C[C@H]2O)cc1. The number of nitrogens with zero attached hydrogens (tertiary/aromatic N) is 1. The maximum atomic E-state index is 12.5. The van der Waals surface area contributed by atoms with E-state index in [0.717, 1.165) is 4.31 Å². The number of sulfonamides is 1. The first-order valence-corrected chi connectivity index (χ1v) is 9.44. The van der Waals surface area contributed by atoms with Crippen LogP contribution in [-0.4, -0.2) is 64.1 Å². The molecule has 1 aromatic carbocycles. The maximum absolute atomic E-state index is 12.5. The third-order valence-electron chi connectivity index (χ3n) is 3.50. The number of hydrogen-bond donors (Lipinski definition) is 1. The number of benzene rings is 1. The molecule has 0 unspecified atom stereocenters. The summed E-state index contributed by atoms with van der Waals surface area (Å²) in [5, 5.41) is 9.78. The molecule has 7 nitrogen and oxygen atoms in total. The highest BCUT2D eigenvalue weighted by Crippen LogP contribution is 2.25. The van der Waals surface area contributed by atoms with E-state index < -0.39 is 37.8 Å². The molecule has 0 bridgehead atoms. The summed E-state index contributed by atoms with van der Waals surface area (Å²) in [6.07, 6.45) is -1.21. The summed E-state index contributed by atoms with van der Waals surface area (Å²) in [6, 6.07) is 4.79. The fourth-order valence-corrected chi connectivity index (χ4v) is 5.57. The van der Waals surface area contributed by atoms with Gasteiger partial charge in [0.2, 0.25) is 10.0 Å². The van der Waals surface area contributed by atoms with Crippen molar-refractivity contribution in [3.63, 3.8) is 0 Å². The average Bonchev–Trinajstić information content (AvgIpc) is 2.71. The third kappa shape index (κ3) is 3.20. The summed E-state index contributed by atoms with van der Waals surface area (Å²) in [4.78, 5) is 0.0160. The summed E-state index contributed by atoms with van der Waals surface area (Å²) in [5.74, 6) is -0.278. The Kier molecular flexibility index (Phi) is 4.29. The topological polar surface area (TPSA) is 101 Å². The predicted octanol–water partition coefficient (Wildman–Crippen LogP) is -0.526. The number of sulfone groups is 1. The standard InChI is InChI=1S/C12H17NO6S2/c1-13(11-7-20(15,16)8-12(11)14)21(17,18)10-5-3-9(19-2)4-6-10/h3-6,11-12,14H,7-8H2,1-2H3/t11-,12+/m0/s1. The van der Waals surface area contributed by atoms with Crippen LogP contribution >= 0.6 is 0 Å². The van der Waals surface area contributed by atoms with Gasteiger partial charge in [-0.2, -0.15) is 4.31 Å². The van der Waals surface area contributed by atoms with Gasteiger partial charge in [-0.3, -0.25) is 0 Å². The van der Waals surface area contributed by atoms with E-state index in [0.29, 0.717) is 5.75 Å². The van der Waals surface area contributed by atoms with E-state index >= 15 is 0 Å². The molecule has 0 spiro atoms. The second kappa shape index (κ2) is 5.56. The zero-order valence-electron chi connectivity index (χ0n) is 11.6. The minimum Gasteiger partial charge on any atom is -0.497 e. The van der Waals surface area contributed by atoms with E-state index in [1.165, 1.54) is 38.4 Å². The van der Waals surface area contributed by atoms with Crippen LogP contribution in [0.4, 0.5) is 0 Å². The molecule has 0 amide bonds. The second-order valence-electron chi connectivity index (χ2n) is 4.91. The second-order valence-corrected chi connectivity index (χ2v) is 9.06. The summed E-state index contributed by atoms with van der Waals surface area (Å²) in [7, 11) is -4.56. The zero-order chi connectivity index (χ0) is 15.8. The van der Waals surface area contributed by atoms with Crippen LogP contribution in [0.2, 0.25) is 0 Å². The number of aliphatic hydroxyl groups is 1. The molecule has 2 rings (SSSR count). The molecule has 118 valence electrons. The molecule has 0 aromatic heterocycles. The Bertz CT molecular complexity index is 711. The maximum Gasteiger partial charge on any atom is 0.243 e. The molecule has 1 fully saturated rings. The van der Waals surface area contributed by atoms with Gasteiger partial charge in [0.25, 0.3) is 0 Å². The first kappa shape index (κ1) is 16.2. The van der Waals surface area contributed by atoms with Crippen molar-refractivity contribution in [1.82, 2.24) is 4.31 Å². The van der Waals surface area contributed by atoms with Crippen LogP contribution in [0.3, 0.4) is 0 Å². The Morgan fingerprint density at radius 1 is 1.24 bits per heavy atom. The Labute approximate surface area is 124 Å². The summed E-state index contributed by atoms with van der Waals surface area (Å²) >= 11 is 0. The van der Waals surface area contributed by atoms with Gasteiger partial charge in [-0.25, -0.2) is 16.8 Å². The van der Waals surface area contributed by atoms with Crippen molar-refractivity contribution in [1.29, 1.82) is 0 Å². The molecule has 1 aromatic rings. The molecule has 0 radical (unpaired) electrons. The van der Waals surface area contributed by atoms with Gasteiger partial charge in [-0.15, -0.1) is 0 Å². The molecule has 1 heterocycles. The number of methoxy groups -OCH3 is 1. The average molecular weight is 335 g/mol. The molecular weight excluding hydrogens is 318 g/mol. The molecule has 1 aliphatic rings. The van der Waals surface area contributed by atoms with E-state index in [-0.39, 0.29) is 10.6 Å². The number of aliphatic hydroxyl groups excluding tert-OH is 1. The van der Waals surface area contributed by atoms with E-state index in [1.807, 2.05) is 0 Å². The van der Waals surface area contributed by atoms with E-state index in [9.17, 15) is 21.9 Å². The van der Waals surface area contributed by atoms with E-state index in [1.54, 1.807) is 0 Å². The van der Waals surface area contributed by atoms with E-state index in [2.05, 4.69) is 0 Å². The van der Waals surface area contributed by atoms with Crippen LogP contribution in [0.25, 0.3) is 0 Å². The summed E-state index contributed by atoms with van der Waals surface area (Å²) < 4.78 is 53.8. The van der Waals surface area contributed by atoms with Crippen molar-refractivity contribution in [3.8, 4) is 5.75 Å². The Morgan fingerprint density at radius 3 is 2.24 bits per heavy atom. The number of ether oxygens (including phenoxy) is 1. The molecular formula is C12H17NO6S2. The van der Waals surface area contributed by atoms with Crippen molar-refractivity contribution >= 4 is 19.9 Å². The Hall–Kier alpha value is -1.16. The molecule has 0 saturated carbocycles. The lowest BCUT2D eigenvalue weighted by molar-refractivity contribution is 0.137. The fourth-order valence-electron chi connectivity index (χ4n) is 2.25. The Morgan fingerprint density at radius 2 is 1.81 bits per heavy atom. The normalized spacial score (nSPS) is 25.1. The van der Waals surface area contributed by atoms with Gasteiger partial charge in [0.05, 0.1) is 35.7 Å². The van der Waals surface area contributed by atoms with Gasteiger partial charge in [0.1, 0.15) is 5.75 Å². The first-order valence-electron chi connectivity index (χ1n) is 6.18. The van der Waals surface area contributed by atoms with Crippen molar-refractivity contribution in [3.05, 3.63) is 24.3 Å². The van der Waals surface area contributed by atoms with Crippen molar-refractivity contribution in [2.45, 2.75) is 17.0 Å². The monoisotopic (exact) mass is 335 g/mol. The van der Waals surface area contributed by atoms with Gasteiger partial charge in [0, 0.05) is 7.05 Å². The molecule has 1 N–H and O–H groups in total. The number of likely N-dealkylation sites (N-methyl/N-ethyl adjacent to an activating group) is 1. The Balaban J connectivity index is 2.30. The quantitative estimate of drug-likeness (QED) is 0.794. The lowest BCUT2D eigenvalue weighted by Gasteiger charge is -2.25. The summed E-state index contributed by atoms with van der Waals surface area (Å²) in [5.41, 5.74) is 0. The van der Waals surface area contributed by atoms with Gasteiger partial charge >= 0.3 is 0 Å². The summed E-state index contributed by atoms with van der Waals surface area (Å²) in [6.45, 7) is 0. The molecule has 21 heavy (non-hydrogen) atoms. The van der Waals surface area contributed by atoms with Crippen LogP contribution in [0.1, 0.15) is 0 Å². The molecule has 1 saturated heterocycles. The third-order valence-corrected chi connectivity index (χ3v) is 7.09. The van der Waals surface area contributed by atoms with Crippen LogP contribution < -0.4 is 4.74 Å². The van der Waals surface area contributed by atoms with Gasteiger partial charge in [-0.1, -0.05) is 0 Å². The number of rotatable bonds is 4. The van der Waals surface area contributed by atoms with Gasteiger partial charge in [0.15, 0.2) is 9.84 Å². The van der Waals surface area contributed by atoms with E-state index in [4.69, 9.17) is 4.74 Å². The smallest absolute Gasteiger partial charge is 0.243 e. The highest BCUT2D eigenvalue weighted by Gasteiger charge is 2.42. The van der Waals surface area contributed by atoms with Crippen LogP contribution in [0.5, 0.6) is 5.75 Å². The highest BCUT2D eigenvalue weighted by molar-refractivity contribution is 7.92. The van der Waals surface area contributed by atoms with Crippen molar-refractivity contribution in [2.24, 2.45) is 0 Å². The van der Waals surface area contributed by atoms with Gasteiger partial charge in [-0.05, 0) is 24.3 Å². The number of hydrogen-bond acceptors (Lipinski definition) is 6. The minimum absolute atomic E-state index is 0.0160. The van der Waals surface area contributed by atoms with Crippen molar-refractivity contribution < 1.29 is 26.7 Å². The molecule has 2 atom stereocenters. The lowest BCUT2D eigenvalue weighted by Crippen LogP contribution is -2.44. The minimum atomic E-state index is -3.88. The molecule has 0 aliphatic carbocycles. The fraction of sp³-hybridized carbons (Fsp3) is 0.500. The van der Waals surface area contributed by atoms with Crippen LogP contribution in [0.15, 0.2) is 29.2 Å². The predicted molar refractivity (Wildman–Crippen MR) is 76.4 cm³/mol. The molecule has 9 heteroatoms. The first-order chi connectivity index (χ1) is 9.67.